The van der Waals surface area contributed by atoms with Gasteiger partial charge >= 0.3 is 5.97 Å². The van der Waals surface area contributed by atoms with Crippen LogP contribution in [0.15, 0.2) is 24.3 Å². The first-order valence-electron chi connectivity index (χ1n) is 6.27. The number of ether oxygens (including phenoxy) is 2. The summed E-state index contributed by atoms with van der Waals surface area (Å²) in [6.07, 6.45) is 0.511. The Morgan fingerprint density at radius 1 is 1.37 bits per heavy atom. The third-order valence-corrected chi connectivity index (χ3v) is 3.12. The highest BCUT2D eigenvalue weighted by Gasteiger charge is 2.29. The van der Waals surface area contributed by atoms with Crippen LogP contribution in [-0.2, 0) is 4.79 Å². The largest absolute Gasteiger partial charge is 0.493 e. The van der Waals surface area contributed by atoms with Gasteiger partial charge < -0.3 is 14.6 Å². The summed E-state index contributed by atoms with van der Waals surface area (Å²) in [4.78, 5) is 11.1. The molecule has 1 unspecified atom stereocenters. The van der Waals surface area contributed by atoms with Gasteiger partial charge in [0.05, 0.1) is 7.11 Å². The Morgan fingerprint density at radius 2 is 2.00 bits per heavy atom. The lowest BCUT2D eigenvalue weighted by molar-refractivity contribution is -0.144. The molecule has 0 aromatic heterocycles. The summed E-state index contributed by atoms with van der Waals surface area (Å²) in [5.41, 5.74) is -0.913. The third-order valence-electron chi connectivity index (χ3n) is 3.12. The van der Waals surface area contributed by atoms with E-state index in [0.717, 1.165) is 0 Å². The zero-order valence-corrected chi connectivity index (χ0v) is 11.6. The van der Waals surface area contributed by atoms with Crippen molar-refractivity contribution in [1.82, 2.24) is 5.32 Å². The van der Waals surface area contributed by atoms with Gasteiger partial charge in [0.2, 0.25) is 0 Å². The Balaban J connectivity index is 2.45. The van der Waals surface area contributed by atoms with Crippen molar-refractivity contribution in [3.63, 3.8) is 0 Å². The highest BCUT2D eigenvalue weighted by Crippen LogP contribution is 2.25. The first-order chi connectivity index (χ1) is 9.03. The second-order valence-corrected chi connectivity index (χ2v) is 4.42. The van der Waals surface area contributed by atoms with Crippen LogP contribution in [0, 0.1) is 0 Å². The van der Waals surface area contributed by atoms with Crippen molar-refractivity contribution in [3.8, 4) is 11.5 Å². The number of rotatable bonds is 8. The Hall–Kier alpha value is -1.75. The number of carboxylic acids is 1. The molecule has 0 aliphatic rings. The normalized spacial score (nSPS) is 13.6. The van der Waals surface area contributed by atoms with Gasteiger partial charge in [0, 0.05) is 6.54 Å². The molecule has 0 aliphatic carbocycles. The molecule has 1 atom stereocenters. The molecule has 5 nitrogen and oxygen atoms in total. The second kappa shape index (κ2) is 6.99. The third kappa shape index (κ3) is 4.13. The average molecular weight is 267 g/mol. The standard InChI is InChI=1S/C14H21NO4/c1-4-14(2,13(16)17)15-9-10-19-12-8-6-5-7-11(12)18-3/h5-8,15H,4,9-10H2,1-3H3,(H,16,17). The minimum Gasteiger partial charge on any atom is -0.493 e. The number of aliphatic carboxylic acids is 1. The Morgan fingerprint density at radius 3 is 2.53 bits per heavy atom. The SMILES string of the molecule is CCC(C)(NCCOc1ccccc1OC)C(=O)O. The van der Waals surface area contributed by atoms with Gasteiger partial charge in [-0.05, 0) is 25.5 Å². The summed E-state index contributed by atoms with van der Waals surface area (Å²) >= 11 is 0. The van der Waals surface area contributed by atoms with E-state index in [9.17, 15) is 4.79 Å². The molecule has 0 radical (unpaired) electrons. The minimum absolute atomic E-state index is 0.378. The fraction of sp³-hybridized carbons (Fsp3) is 0.500. The van der Waals surface area contributed by atoms with Crippen LogP contribution in [0.4, 0.5) is 0 Å². The van der Waals surface area contributed by atoms with Crippen molar-refractivity contribution < 1.29 is 19.4 Å². The summed E-state index contributed by atoms with van der Waals surface area (Å²) in [5, 5.41) is 12.1. The molecular weight excluding hydrogens is 246 g/mol. The van der Waals surface area contributed by atoms with Gasteiger partial charge in [-0.3, -0.25) is 10.1 Å². The van der Waals surface area contributed by atoms with Gasteiger partial charge in [0.1, 0.15) is 12.1 Å². The molecule has 0 bridgehead atoms. The first-order valence-corrected chi connectivity index (χ1v) is 6.27. The van der Waals surface area contributed by atoms with Gasteiger partial charge in [0.25, 0.3) is 0 Å². The maximum absolute atomic E-state index is 11.1. The van der Waals surface area contributed by atoms with Crippen LogP contribution in [0.5, 0.6) is 11.5 Å². The van der Waals surface area contributed by atoms with E-state index in [1.165, 1.54) is 0 Å². The molecule has 0 spiro atoms. The molecular formula is C14H21NO4. The van der Waals surface area contributed by atoms with E-state index in [1.54, 1.807) is 14.0 Å². The second-order valence-electron chi connectivity index (χ2n) is 4.42. The van der Waals surface area contributed by atoms with Crippen LogP contribution in [0.2, 0.25) is 0 Å². The van der Waals surface area contributed by atoms with Crippen molar-refractivity contribution in [3.05, 3.63) is 24.3 Å². The predicted octanol–water partition coefficient (Wildman–Crippen LogP) is 1.92. The number of hydrogen-bond donors (Lipinski definition) is 2. The van der Waals surface area contributed by atoms with Crippen LogP contribution >= 0.6 is 0 Å². The Labute approximate surface area is 113 Å². The molecule has 106 valence electrons. The van der Waals surface area contributed by atoms with E-state index in [2.05, 4.69) is 5.32 Å². The molecule has 2 N–H and O–H groups in total. The van der Waals surface area contributed by atoms with Crippen LogP contribution in [0.25, 0.3) is 0 Å². The fourth-order valence-corrected chi connectivity index (χ4v) is 1.58. The van der Waals surface area contributed by atoms with Crippen molar-refractivity contribution in [2.45, 2.75) is 25.8 Å². The molecule has 19 heavy (non-hydrogen) atoms. The van der Waals surface area contributed by atoms with Gasteiger partial charge in [-0.15, -0.1) is 0 Å². The van der Waals surface area contributed by atoms with Gasteiger partial charge in [0.15, 0.2) is 11.5 Å². The molecule has 1 aromatic carbocycles. The molecule has 0 aliphatic heterocycles. The number of carbonyl (C=O) groups is 1. The zero-order valence-electron chi connectivity index (χ0n) is 11.6. The van der Waals surface area contributed by atoms with Crippen LogP contribution in [-0.4, -0.2) is 36.9 Å². The number of hydrogen-bond acceptors (Lipinski definition) is 4. The van der Waals surface area contributed by atoms with E-state index < -0.39 is 11.5 Å². The average Bonchev–Trinajstić information content (AvgIpc) is 2.43. The summed E-state index contributed by atoms with van der Waals surface area (Å²) in [6, 6.07) is 7.35. The smallest absolute Gasteiger partial charge is 0.323 e. The lowest BCUT2D eigenvalue weighted by atomic mass is 9.99. The van der Waals surface area contributed by atoms with Gasteiger partial charge in [-0.2, -0.15) is 0 Å². The van der Waals surface area contributed by atoms with Gasteiger partial charge in [-0.1, -0.05) is 19.1 Å². The van der Waals surface area contributed by atoms with E-state index in [0.29, 0.717) is 31.1 Å². The number of carboxylic acid groups (broad SMARTS) is 1. The molecule has 0 fully saturated rings. The number of para-hydroxylation sites is 2. The molecule has 0 saturated heterocycles. The van der Waals surface area contributed by atoms with E-state index in [4.69, 9.17) is 14.6 Å². The fourth-order valence-electron chi connectivity index (χ4n) is 1.58. The van der Waals surface area contributed by atoms with E-state index >= 15 is 0 Å². The summed E-state index contributed by atoms with van der Waals surface area (Å²) in [6.45, 7) is 4.33. The minimum atomic E-state index is -0.913. The molecule has 1 aromatic rings. The number of benzene rings is 1. The van der Waals surface area contributed by atoms with Crippen LogP contribution in [0.1, 0.15) is 20.3 Å². The molecule has 5 heteroatoms. The van der Waals surface area contributed by atoms with E-state index in [-0.39, 0.29) is 0 Å². The maximum Gasteiger partial charge on any atom is 0.323 e. The van der Waals surface area contributed by atoms with Crippen LogP contribution in [0.3, 0.4) is 0 Å². The van der Waals surface area contributed by atoms with Crippen molar-refractivity contribution in [1.29, 1.82) is 0 Å². The highest BCUT2D eigenvalue weighted by atomic mass is 16.5. The zero-order chi connectivity index (χ0) is 14.3. The lowest BCUT2D eigenvalue weighted by Crippen LogP contribution is -2.50. The monoisotopic (exact) mass is 267 g/mol. The van der Waals surface area contributed by atoms with Crippen LogP contribution < -0.4 is 14.8 Å². The molecule has 0 amide bonds. The highest BCUT2D eigenvalue weighted by molar-refractivity contribution is 5.78. The number of methoxy groups -OCH3 is 1. The van der Waals surface area contributed by atoms with Gasteiger partial charge in [-0.25, -0.2) is 0 Å². The van der Waals surface area contributed by atoms with Crippen molar-refractivity contribution >= 4 is 5.97 Å². The van der Waals surface area contributed by atoms with Crippen molar-refractivity contribution in [2.24, 2.45) is 0 Å². The summed E-state index contributed by atoms with van der Waals surface area (Å²) < 4.78 is 10.7. The first kappa shape index (κ1) is 15.3. The summed E-state index contributed by atoms with van der Waals surface area (Å²) in [5.74, 6) is 0.464. The Kier molecular flexibility index (Phi) is 5.63. The maximum atomic E-state index is 11.1. The number of nitrogens with one attached hydrogen (secondary N) is 1. The Bertz CT molecular complexity index is 422. The molecule has 0 saturated carbocycles. The lowest BCUT2D eigenvalue weighted by Gasteiger charge is -2.24. The topological polar surface area (TPSA) is 67.8 Å². The predicted molar refractivity (Wildman–Crippen MR) is 72.8 cm³/mol. The summed E-state index contributed by atoms with van der Waals surface area (Å²) in [7, 11) is 1.58. The molecule has 1 rings (SSSR count). The van der Waals surface area contributed by atoms with Crippen molar-refractivity contribution in [2.75, 3.05) is 20.3 Å². The quantitative estimate of drug-likeness (QED) is 0.704. The molecule has 0 heterocycles. The van der Waals surface area contributed by atoms with E-state index in [1.807, 2.05) is 31.2 Å².